The van der Waals surface area contributed by atoms with Crippen LogP contribution in [0.2, 0.25) is 0 Å². The maximum absolute atomic E-state index is 5.54. The Balaban J connectivity index is 1.88. The van der Waals surface area contributed by atoms with Crippen molar-refractivity contribution >= 4 is 23.0 Å². The van der Waals surface area contributed by atoms with E-state index in [2.05, 4.69) is 10.6 Å². The van der Waals surface area contributed by atoms with Crippen LogP contribution in [-0.4, -0.2) is 31.5 Å². The minimum Gasteiger partial charge on any atom is -0.495 e. The number of thiocarbonyl (C=S) groups is 1. The van der Waals surface area contributed by atoms with Crippen molar-refractivity contribution in [2.45, 2.75) is 25.9 Å². The normalized spacial score (nSPS) is 18.1. The van der Waals surface area contributed by atoms with Crippen LogP contribution in [0.5, 0.6) is 5.75 Å². The van der Waals surface area contributed by atoms with E-state index in [0.29, 0.717) is 5.11 Å². The van der Waals surface area contributed by atoms with Crippen LogP contribution in [-0.2, 0) is 4.74 Å². The van der Waals surface area contributed by atoms with E-state index < -0.39 is 0 Å². The molecule has 2 N–H and O–H groups in total. The lowest BCUT2D eigenvalue weighted by molar-refractivity contribution is 0.114. The van der Waals surface area contributed by atoms with Crippen molar-refractivity contribution in [1.82, 2.24) is 5.32 Å². The maximum atomic E-state index is 5.54. The monoisotopic (exact) mass is 280 g/mol. The summed E-state index contributed by atoms with van der Waals surface area (Å²) in [5, 5.41) is 6.95. The molecule has 5 heteroatoms. The van der Waals surface area contributed by atoms with Crippen LogP contribution < -0.4 is 15.4 Å². The van der Waals surface area contributed by atoms with Crippen molar-refractivity contribution in [3.05, 3.63) is 23.8 Å². The molecule has 0 aromatic heterocycles. The van der Waals surface area contributed by atoms with Crippen molar-refractivity contribution in [2.24, 2.45) is 0 Å². The average Bonchev–Trinajstić information content (AvgIpc) is 2.90. The van der Waals surface area contributed by atoms with Gasteiger partial charge in [-0.15, -0.1) is 0 Å². The summed E-state index contributed by atoms with van der Waals surface area (Å²) in [6.45, 7) is 3.64. The SMILES string of the molecule is COc1ccc(C)cc1NC(=S)NC[C@H]1CCCO1. The lowest BCUT2D eigenvalue weighted by Crippen LogP contribution is -2.34. The number of ether oxygens (including phenoxy) is 2. The van der Waals surface area contributed by atoms with Gasteiger partial charge in [-0.2, -0.15) is 0 Å². The minimum absolute atomic E-state index is 0.277. The summed E-state index contributed by atoms with van der Waals surface area (Å²) in [6.07, 6.45) is 2.51. The average molecular weight is 280 g/mol. The van der Waals surface area contributed by atoms with E-state index in [9.17, 15) is 0 Å². The van der Waals surface area contributed by atoms with Gasteiger partial charge in [0.2, 0.25) is 0 Å². The highest BCUT2D eigenvalue weighted by molar-refractivity contribution is 7.80. The summed E-state index contributed by atoms with van der Waals surface area (Å²) < 4.78 is 10.8. The van der Waals surface area contributed by atoms with Gasteiger partial charge in [-0.3, -0.25) is 0 Å². The predicted octanol–water partition coefficient (Wildman–Crippen LogP) is 2.47. The lowest BCUT2D eigenvalue weighted by Gasteiger charge is -2.16. The molecule has 4 nitrogen and oxygen atoms in total. The number of benzene rings is 1. The number of hydrogen-bond acceptors (Lipinski definition) is 3. The summed E-state index contributed by atoms with van der Waals surface area (Å²) in [7, 11) is 1.65. The van der Waals surface area contributed by atoms with Gasteiger partial charge < -0.3 is 20.1 Å². The molecule has 1 atom stereocenters. The summed E-state index contributed by atoms with van der Waals surface area (Å²) in [5.74, 6) is 0.784. The Morgan fingerprint density at radius 3 is 3.05 bits per heavy atom. The van der Waals surface area contributed by atoms with Gasteiger partial charge in [-0.1, -0.05) is 6.07 Å². The molecule has 0 spiro atoms. The third-order valence-corrected chi connectivity index (χ3v) is 3.36. The van der Waals surface area contributed by atoms with Crippen molar-refractivity contribution in [1.29, 1.82) is 0 Å². The van der Waals surface area contributed by atoms with Crippen LogP contribution in [0, 0.1) is 6.92 Å². The fraction of sp³-hybridized carbons (Fsp3) is 0.500. The lowest BCUT2D eigenvalue weighted by atomic mass is 10.2. The van der Waals surface area contributed by atoms with Crippen LogP contribution in [0.25, 0.3) is 0 Å². The smallest absolute Gasteiger partial charge is 0.170 e. The molecule has 104 valence electrons. The molecule has 2 rings (SSSR count). The molecule has 1 saturated heterocycles. The van der Waals surface area contributed by atoms with Gasteiger partial charge in [0.25, 0.3) is 0 Å². The number of aryl methyl sites for hydroxylation is 1. The zero-order valence-corrected chi connectivity index (χ0v) is 12.2. The first-order chi connectivity index (χ1) is 9.19. The second kappa shape index (κ2) is 6.73. The highest BCUT2D eigenvalue weighted by atomic mass is 32.1. The molecule has 1 heterocycles. The zero-order valence-electron chi connectivity index (χ0n) is 11.4. The van der Waals surface area contributed by atoms with Gasteiger partial charge in [-0.25, -0.2) is 0 Å². The molecule has 0 aliphatic carbocycles. The molecule has 0 amide bonds. The number of anilines is 1. The van der Waals surface area contributed by atoms with Crippen LogP contribution in [0.15, 0.2) is 18.2 Å². The van der Waals surface area contributed by atoms with Crippen molar-refractivity contribution in [3.63, 3.8) is 0 Å². The van der Waals surface area contributed by atoms with Gasteiger partial charge in [0.15, 0.2) is 5.11 Å². The fourth-order valence-corrected chi connectivity index (χ4v) is 2.29. The van der Waals surface area contributed by atoms with Gasteiger partial charge in [0.05, 0.1) is 18.9 Å². The van der Waals surface area contributed by atoms with Crippen LogP contribution >= 0.6 is 12.2 Å². The standard InChI is InChI=1S/C14H20N2O2S/c1-10-5-6-13(17-2)12(8-10)16-14(19)15-9-11-4-3-7-18-11/h5-6,8,11H,3-4,7,9H2,1-2H3,(H2,15,16,19)/t11-/m1/s1. The largest absolute Gasteiger partial charge is 0.495 e. The zero-order chi connectivity index (χ0) is 13.7. The Hall–Kier alpha value is -1.33. The summed E-state index contributed by atoms with van der Waals surface area (Å²) >= 11 is 5.29. The first-order valence-corrected chi connectivity index (χ1v) is 6.91. The number of rotatable bonds is 4. The topological polar surface area (TPSA) is 42.5 Å². The first-order valence-electron chi connectivity index (χ1n) is 6.50. The van der Waals surface area contributed by atoms with E-state index in [1.807, 2.05) is 25.1 Å². The second-order valence-electron chi connectivity index (χ2n) is 4.67. The van der Waals surface area contributed by atoms with Crippen LogP contribution in [0.1, 0.15) is 18.4 Å². The van der Waals surface area contributed by atoms with Crippen molar-refractivity contribution in [3.8, 4) is 5.75 Å². The van der Waals surface area contributed by atoms with E-state index in [-0.39, 0.29) is 6.10 Å². The molecular formula is C14H20N2O2S. The highest BCUT2D eigenvalue weighted by Crippen LogP contribution is 2.25. The Kier molecular flexibility index (Phi) is 4.99. The molecule has 19 heavy (non-hydrogen) atoms. The molecule has 0 unspecified atom stereocenters. The molecule has 0 radical (unpaired) electrons. The summed E-state index contributed by atoms with van der Waals surface area (Å²) in [4.78, 5) is 0. The molecule has 0 saturated carbocycles. The first kappa shape index (κ1) is 14.1. The highest BCUT2D eigenvalue weighted by Gasteiger charge is 2.15. The Labute approximate surface area is 119 Å². The van der Waals surface area contributed by atoms with Gasteiger partial charge in [0.1, 0.15) is 5.75 Å². The van der Waals surface area contributed by atoms with E-state index in [0.717, 1.165) is 43.0 Å². The van der Waals surface area contributed by atoms with Gasteiger partial charge in [-0.05, 0) is 49.7 Å². The van der Waals surface area contributed by atoms with Crippen molar-refractivity contribution in [2.75, 3.05) is 25.6 Å². The molecule has 1 aliphatic rings. The summed E-state index contributed by atoms with van der Waals surface area (Å²) in [6, 6.07) is 5.95. The molecule has 1 aromatic rings. The molecule has 1 aliphatic heterocycles. The Morgan fingerprint density at radius 1 is 1.53 bits per heavy atom. The predicted molar refractivity (Wildman–Crippen MR) is 80.9 cm³/mol. The van der Waals surface area contributed by atoms with Crippen LogP contribution in [0.4, 0.5) is 5.69 Å². The second-order valence-corrected chi connectivity index (χ2v) is 5.08. The van der Waals surface area contributed by atoms with Crippen molar-refractivity contribution < 1.29 is 9.47 Å². The number of hydrogen-bond donors (Lipinski definition) is 2. The minimum atomic E-state index is 0.277. The molecular weight excluding hydrogens is 260 g/mol. The van der Waals surface area contributed by atoms with E-state index in [1.54, 1.807) is 7.11 Å². The fourth-order valence-electron chi connectivity index (χ4n) is 2.10. The van der Waals surface area contributed by atoms with E-state index in [1.165, 1.54) is 0 Å². The van der Waals surface area contributed by atoms with E-state index in [4.69, 9.17) is 21.7 Å². The van der Waals surface area contributed by atoms with Gasteiger partial charge in [0, 0.05) is 13.2 Å². The Bertz CT molecular complexity index is 445. The van der Waals surface area contributed by atoms with Crippen LogP contribution in [0.3, 0.4) is 0 Å². The third-order valence-electron chi connectivity index (χ3n) is 3.12. The molecule has 1 aromatic carbocycles. The Morgan fingerprint density at radius 2 is 2.37 bits per heavy atom. The van der Waals surface area contributed by atoms with Gasteiger partial charge >= 0.3 is 0 Å². The van der Waals surface area contributed by atoms with E-state index >= 15 is 0 Å². The molecule has 0 bridgehead atoms. The third kappa shape index (κ3) is 4.08. The quantitative estimate of drug-likeness (QED) is 0.829. The summed E-state index contributed by atoms with van der Waals surface area (Å²) in [5.41, 5.74) is 2.04. The maximum Gasteiger partial charge on any atom is 0.170 e. The number of methoxy groups -OCH3 is 1. The number of nitrogens with one attached hydrogen (secondary N) is 2. The molecule has 1 fully saturated rings.